The number of aryl methyl sites for hydroxylation is 1. The van der Waals surface area contributed by atoms with E-state index in [1.807, 2.05) is 0 Å². The third-order valence-electron chi connectivity index (χ3n) is 3.54. The van der Waals surface area contributed by atoms with E-state index in [4.69, 9.17) is 5.73 Å². The van der Waals surface area contributed by atoms with E-state index in [0.29, 0.717) is 11.1 Å². The van der Waals surface area contributed by atoms with Crippen molar-refractivity contribution in [2.45, 2.75) is 38.4 Å². The van der Waals surface area contributed by atoms with Crippen LogP contribution in [-0.2, 0) is 11.2 Å². The lowest BCUT2D eigenvalue weighted by Gasteiger charge is -2.23. The smallest absolute Gasteiger partial charge is 0.230 e. The molecule has 0 fully saturated rings. The number of hydrogen-bond donors (Lipinski definition) is 3. The highest BCUT2D eigenvalue weighted by molar-refractivity contribution is 7.99. The van der Waals surface area contributed by atoms with Gasteiger partial charge in [-0.15, -0.1) is 5.10 Å². The van der Waals surface area contributed by atoms with Gasteiger partial charge in [0.05, 0.1) is 11.8 Å². The third kappa shape index (κ3) is 4.99. The van der Waals surface area contributed by atoms with E-state index in [-0.39, 0.29) is 23.7 Å². The van der Waals surface area contributed by atoms with Gasteiger partial charge >= 0.3 is 0 Å². The van der Waals surface area contributed by atoms with Crippen LogP contribution in [0.3, 0.4) is 0 Å². The molecule has 0 aliphatic carbocycles. The third-order valence-corrected chi connectivity index (χ3v) is 4.39. The summed E-state index contributed by atoms with van der Waals surface area (Å²) in [5.41, 5.74) is 7.88. The number of anilines is 1. The summed E-state index contributed by atoms with van der Waals surface area (Å²) in [5, 5.41) is 10.0. The molecule has 1 amide bonds. The van der Waals surface area contributed by atoms with Crippen LogP contribution in [0.5, 0.6) is 0 Å². The zero-order valence-corrected chi connectivity index (χ0v) is 14.5. The molecular weight excluding hydrogens is 310 g/mol. The highest BCUT2D eigenvalue weighted by Crippen LogP contribution is 2.23. The molecule has 4 N–H and O–H groups in total. The van der Waals surface area contributed by atoms with Gasteiger partial charge in [-0.1, -0.05) is 56.8 Å². The molecule has 23 heavy (non-hydrogen) atoms. The van der Waals surface area contributed by atoms with Gasteiger partial charge in [-0.25, -0.2) is 5.10 Å². The molecule has 124 valence electrons. The van der Waals surface area contributed by atoms with Gasteiger partial charge < -0.3 is 11.1 Å². The second-order valence-corrected chi connectivity index (χ2v) is 6.62. The summed E-state index contributed by atoms with van der Waals surface area (Å²) < 4.78 is 0. The van der Waals surface area contributed by atoms with Crippen molar-refractivity contribution in [3.05, 3.63) is 35.4 Å². The molecule has 0 aliphatic rings. The lowest BCUT2D eigenvalue weighted by Crippen LogP contribution is -2.33. The SMILES string of the molecule is CCc1ccc([C@@H](NC(=O)CSc2n[nH]c(N)n2)C(C)C)cc1. The summed E-state index contributed by atoms with van der Waals surface area (Å²) >= 11 is 1.26. The molecule has 1 heterocycles. The summed E-state index contributed by atoms with van der Waals surface area (Å²) in [6, 6.07) is 8.40. The number of carbonyl (C=O) groups excluding carboxylic acids is 1. The van der Waals surface area contributed by atoms with E-state index in [2.05, 4.69) is 65.5 Å². The number of H-pyrrole nitrogens is 1. The quantitative estimate of drug-likeness (QED) is 0.677. The molecule has 0 radical (unpaired) electrons. The van der Waals surface area contributed by atoms with Gasteiger partial charge in [0.25, 0.3) is 0 Å². The van der Waals surface area contributed by atoms with Crippen molar-refractivity contribution >= 4 is 23.6 Å². The van der Waals surface area contributed by atoms with E-state index >= 15 is 0 Å². The number of amides is 1. The molecular formula is C16H23N5OS. The molecule has 1 atom stereocenters. The molecule has 2 aromatic rings. The van der Waals surface area contributed by atoms with E-state index in [0.717, 1.165) is 12.0 Å². The Hall–Kier alpha value is -2.02. The highest BCUT2D eigenvalue weighted by atomic mass is 32.2. The Morgan fingerprint density at radius 2 is 2.04 bits per heavy atom. The second kappa shape index (κ2) is 8.01. The van der Waals surface area contributed by atoms with Gasteiger partial charge in [0.15, 0.2) is 0 Å². The first-order chi connectivity index (χ1) is 11.0. The number of nitrogens with two attached hydrogens (primary N) is 1. The lowest BCUT2D eigenvalue weighted by atomic mass is 9.95. The Kier molecular flexibility index (Phi) is 6.04. The normalized spacial score (nSPS) is 12.3. The zero-order chi connectivity index (χ0) is 16.8. The van der Waals surface area contributed by atoms with Gasteiger partial charge in [-0.3, -0.25) is 4.79 Å². The average Bonchev–Trinajstić information content (AvgIpc) is 2.96. The molecule has 0 bridgehead atoms. The second-order valence-electron chi connectivity index (χ2n) is 5.68. The van der Waals surface area contributed by atoms with Crippen LogP contribution in [0.25, 0.3) is 0 Å². The van der Waals surface area contributed by atoms with Gasteiger partial charge in [0, 0.05) is 0 Å². The van der Waals surface area contributed by atoms with Crippen molar-refractivity contribution < 1.29 is 4.79 Å². The van der Waals surface area contributed by atoms with Crippen LogP contribution in [0.15, 0.2) is 29.4 Å². The first kappa shape index (κ1) is 17.3. The maximum Gasteiger partial charge on any atom is 0.230 e. The summed E-state index contributed by atoms with van der Waals surface area (Å²) in [7, 11) is 0. The Morgan fingerprint density at radius 1 is 1.35 bits per heavy atom. The first-order valence-corrected chi connectivity index (χ1v) is 8.67. The molecule has 6 nitrogen and oxygen atoms in total. The first-order valence-electron chi connectivity index (χ1n) is 7.68. The van der Waals surface area contributed by atoms with E-state index in [1.165, 1.54) is 17.3 Å². The number of nitrogens with zero attached hydrogens (tertiary/aromatic N) is 2. The minimum atomic E-state index is -0.0448. The number of aromatic amines is 1. The number of rotatable bonds is 7. The van der Waals surface area contributed by atoms with Gasteiger partial charge in [-0.05, 0) is 23.5 Å². The molecule has 2 rings (SSSR count). The van der Waals surface area contributed by atoms with Crippen LogP contribution in [0.1, 0.15) is 37.9 Å². The van der Waals surface area contributed by atoms with Crippen LogP contribution >= 0.6 is 11.8 Å². The van der Waals surface area contributed by atoms with E-state index in [1.54, 1.807) is 0 Å². The molecule has 1 aromatic carbocycles. The number of nitrogen functional groups attached to an aromatic ring is 1. The number of carbonyl (C=O) groups is 1. The van der Waals surface area contributed by atoms with Gasteiger partial charge in [-0.2, -0.15) is 4.98 Å². The fraction of sp³-hybridized carbons (Fsp3) is 0.438. The molecule has 0 unspecified atom stereocenters. The number of benzene rings is 1. The van der Waals surface area contributed by atoms with Crippen molar-refractivity contribution in [1.29, 1.82) is 0 Å². The molecule has 0 aliphatic heterocycles. The van der Waals surface area contributed by atoms with Crippen LogP contribution in [0, 0.1) is 5.92 Å². The summed E-state index contributed by atoms with van der Waals surface area (Å²) in [6.07, 6.45) is 1.01. The zero-order valence-electron chi connectivity index (χ0n) is 13.7. The van der Waals surface area contributed by atoms with E-state index < -0.39 is 0 Å². The fourth-order valence-electron chi connectivity index (χ4n) is 2.26. The van der Waals surface area contributed by atoms with Crippen molar-refractivity contribution in [2.24, 2.45) is 5.92 Å². The fourth-order valence-corrected chi connectivity index (χ4v) is 2.88. The van der Waals surface area contributed by atoms with Gasteiger partial charge in [0.2, 0.25) is 17.0 Å². The minimum Gasteiger partial charge on any atom is -0.368 e. The Balaban J connectivity index is 1.96. The topological polar surface area (TPSA) is 96.7 Å². The lowest BCUT2D eigenvalue weighted by molar-refractivity contribution is -0.119. The summed E-state index contributed by atoms with van der Waals surface area (Å²) in [6.45, 7) is 6.33. The Morgan fingerprint density at radius 3 is 2.57 bits per heavy atom. The Bertz CT molecular complexity index is 638. The van der Waals surface area contributed by atoms with Crippen LogP contribution in [0.2, 0.25) is 0 Å². The van der Waals surface area contributed by atoms with Crippen molar-refractivity contribution in [3.63, 3.8) is 0 Å². The predicted molar refractivity (Wildman–Crippen MR) is 93.1 cm³/mol. The minimum absolute atomic E-state index is 0.00813. The standard InChI is InChI=1S/C16H23N5OS/c1-4-11-5-7-12(8-6-11)14(10(2)3)18-13(22)9-23-16-19-15(17)20-21-16/h5-8,10,14H,4,9H2,1-3H3,(H,18,22)(H3,17,19,20,21)/t14-/m0/s1. The monoisotopic (exact) mass is 333 g/mol. The summed E-state index contributed by atoms with van der Waals surface area (Å²) in [4.78, 5) is 16.2. The van der Waals surface area contributed by atoms with Gasteiger partial charge in [0.1, 0.15) is 0 Å². The highest BCUT2D eigenvalue weighted by Gasteiger charge is 2.18. The number of aromatic nitrogens is 3. The number of nitrogens with one attached hydrogen (secondary N) is 2. The molecule has 7 heteroatoms. The number of hydrogen-bond acceptors (Lipinski definition) is 5. The molecule has 0 saturated carbocycles. The van der Waals surface area contributed by atoms with Crippen molar-refractivity contribution in [2.75, 3.05) is 11.5 Å². The summed E-state index contributed by atoms with van der Waals surface area (Å²) in [5.74, 6) is 0.768. The maximum absolute atomic E-state index is 12.2. The largest absolute Gasteiger partial charge is 0.368 e. The van der Waals surface area contributed by atoms with Crippen LogP contribution in [0.4, 0.5) is 5.95 Å². The predicted octanol–water partition coefficient (Wildman–Crippen LogP) is 2.55. The van der Waals surface area contributed by atoms with Crippen LogP contribution < -0.4 is 11.1 Å². The van der Waals surface area contributed by atoms with Crippen molar-refractivity contribution in [3.8, 4) is 0 Å². The Labute approximate surface area is 140 Å². The molecule has 1 aromatic heterocycles. The van der Waals surface area contributed by atoms with Crippen LogP contribution in [-0.4, -0.2) is 26.8 Å². The average molecular weight is 333 g/mol. The maximum atomic E-state index is 12.2. The molecule has 0 spiro atoms. The number of thioether (sulfide) groups is 1. The van der Waals surface area contributed by atoms with Crippen molar-refractivity contribution in [1.82, 2.24) is 20.5 Å². The van der Waals surface area contributed by atoms with E-state index in [9.17, 15) is 4.79 Å². The molecule has 0 saturated heterocycles.